The average Bonchev–Trinajstić information content (AvgIpc) is 2.18. The van der Waals surface area contributed by atoms with E-state index < -0.39 is 0 Å². The van der Waals surface area contributed by atoms with Crippen LogP contribution in [0.4, 0.5) is 0 Å². The fourth-order valence-corrected chi connectivity index (χ4v) is 1.69. The van der Waals surface area contributed by atoms with E-state index in [2.05, 4.69) is 50.1 Å². The third kappa shape index (κ3) is 3.63. The van der Waals surface area contributed by atoms with Crippen molar-refractivity contribution in [3.8, 4) is 0 Å². The van der Waals surface area contributed by atoms with Crippen molar-refractivity contribution < 1.29 is 0 Å². The maximum absolute atomic E-state index is 4.44. The fourth-order valence-electron chi connectivity index (χ4n) is 1.69. The molecular weight excluding hydrogens is 184 g/mol. The van der Waals surface area contributed by atoms with Gasteiger partial charge in [0.2, 0.25) is 0 Å². The Morgan fingerprint density at radius 1 is 1.33 bits per heavy atom. The van der Waals surface area contributed by atoms with Gasteiger partial charge in [-0.05, 0) is 30.5 Å². The summed E-state index contributed by atoms with van der Waals surface area (Å²) in [5.41, 5.74) is 1.34. The van der Waals surface area contributed by atoms with E-state index in [4.69, 9.17) is 0 Å². The molecule has 0 aromatic carbocycles. The Bertz CT molecular complexity index is 274. The molecule has 0 radical (unpaired) electrons. The Morgan fingerprint density at radius 2 is 2.07 bits per heavy atom. The molecule has 0 aliphatic heterocycles. The molecule has 1 heterocycles. The lowest BCUT2D eigenvalue weighted by Gasteiger charge is -2.31. The van der Waals surface area contributed by atoms with E-state index in [1.54, 1.807) is 0 Å². The number of nitrogens with zero attached hydrogens (tertiary/aromatic N) is 1. The van der Waals surface area contributed by atoms with Crippen LogP contribution in [0.3, 0.4) is 0 Å². The van der Waals surface area contributed by atoms with Crippen molar-refractivity contribution >= 4 is 0 Å². The van der Waals surface area contributed by atoms with Crippen LogP contribution in [0.2, 0.25) is 0 Å². The molecule has 1 aromatic rings. The van der Waals surface area contributed by atoms with Gasteiger partial charge < -0.3 is 5.32 Å². The van der Waals surface area contributed by atoms with Gasteiger partial charge in [0.05, 0.1) is 11.7 Å². The molecule has 84 valence electrons. The van der Waals surface area contributed by atoms with Gasteiger partial charge in [-0.15, -0.1) is 0 Å². The quantitative estimate of drug-likeness (QED) is 0.818. The molecule has 1 N–H and O–H groups in total. The van der Waals surface area contributed by atoms with Gasteiger partial charge in [-0.25, -0.2) is 0 Å². The average molecular weight is 206 g/mol. The van der Waals surface area contributed by atoms with Crippen LogP contribution in [-0.2, 0) is 0 Å². The molecule has 2 nitrogen and oxygen atoms in total. The Kier molecular flexibility index (Phi) is 4.28. The third-order valence-electron chi connectivity index (χ3n) is 2.45. The van der Waals surface area contributed by atoms with Crippen molar-refractivity contribution in [2.45, 2.75) is 40.2 Å². The number of hydrogen-bond acceptors (Lipinski definition) is 2. The first-order valence-corrected chi connectivity index (χ1v) is 5.70. The van der Waals surface area contributed by atoms with Crippen LogP contribution in [0.25, 0.3) is 0 Å². The molecule has 2 heteroatoms. The van der Waals surface area contributed by atoms with E-state index in [9.17, 15) is 0 Å². The summed E-state index contributed by atoms with van der Waals surface area (Å²) in [6, 6.07) is 6.44. The summed E-state index contributed by atoms with van der Waals surface area (Å²) in [5.74, 6) is 0. The minimum absolute atomic E-state index is 0.198. The van der Waals surface area contributed by atoms with Crippen LogP contribution in [0, 0.1) is 5.41 Å². The van der Waals surface area contributed by atoms with Crippen molar-refractivity contribution in [2.75, 3.05) is 6.54 Å². The summed E-state index contributed by atoms with van der Waals surface area (Å²) in [4.78, 5) is 4.44. The minimum Gasteiger partial charge on any atom is -0.308 e. The molecule has 15 heavy (non-hydrogen) atoms. The summed E-state index contributed by atoms with van der Waals surface area (Å²) >= 11 is 0. The monoisotopic (exact) mass is 206 g/mol. The lowest BCUT2D eigenvalue weighted by atomic mass is 9.84. The maximum Gasteiger partial charge on any atom is 0.0578 e. The van der Waals surface area contributed by atoms with Crippen molar-refractivity contribution in [1.82, 2.24) is 10.3 Å². The first-order chi connectivity index (χ1) is 7.05. The standard InChI is InChI=1S/C13H22N2/c1-5-9-15-12(13(2,3)4)11-8-6-7-10-14-11/h6-8,10,12,15H,5,9H2,1-4H3. The number of aromatic nitrogens is 1. The number of nitrogens with one attached hydrogen (secondary N) is 1. The van der Waals surface area contributed by atoms with Gasteiger partial charge in [0.15, 0.2) is 0 Å². The first-order valence-electron chi connectivity index (χ1n) is 5.70. The molecular formula is C13H22N2. The predicted octanol–water partition coefficient (Wildman–Crippen LogP) is 3.17. The Labute approximate surface area is 93.1 Å². The molecule has 0 bridgehead atoms. The Hall–Kier alpha value is -0.890. The number of rotatable bonds is 4. The number of pyridine rings is 1. The maximum atomic E-state index is 4.44. The van der Waals surface area contributed by atoms with Gasteiger partial charge in [0.1, 0.15) is 0 Å². The highest BCUT2D eigenvalue weighted by Crippen LogP contribution is 2.31. The van der Waals surface area contributed by atoms with Crippen LogP contribution in [0.1, 0.15) is 45.9 Å². The first kappa shape index (κ1) is 12.2. The van der Waals surface area contributed by atoms with Crippen molar-refractivity contribution in [3.05, 3.63) is 30.1 Å². The number of hydrogen-bond donors (Lipinski definition) is 1. The Morgan fingerprint density at radius 3 is 2.53 bits per heavy atom. The minimum atomic E-state index is 0.198. The molecule has 0 aliphatic rings. The van der Waals surface area contributed by atoms with Crippen molar-refractivity contribution in [3.63, 3.8) is 0 Å². The molecule has 0 amide bonds. The lowest BCUT2D eigenvalue weighted by Crippen LogP contribution is -2.33. The lowest BCUT2D eigenvalue weighted by molar-refractivity contribution is 0.268. The molecule has 0 spiro atoms. The molecule has 0 saturated carbocycles. The molecule has 1 rings (SSSR count). The van der Waals surface area contributed by atoms with Gasteiger partial charge in [-0.2, -0.15) is 0 Å². The van der Waals surface area contributed by atoms with E-state index in [0.717, 1.165) is 18.7 Å². The third-order valence-corrected chi connectivity index (χ3v) is 2.45. The summed E-state index contributed by atoms with van der Waals surface area (Å²) in [5, 5.41) is 3.56. The van der Waals surface area contributed by atoms with Crippen LogP contribution in [-0.4, -0.2) is 11.5 Å². The predicted molar refractivity (Wildman–Crippen MR) is 64.7 cm³/mol. The highest BCUT2D eigenvalue weighted by Gasteiger charge is 2.26. The molecule has 0 aliphatic carbocycles. The summed E-state index contributed by atoms with van der Waals surface area (Å²) in [6.07, 6.45) is 3.01. The van der Waals surface area contributed by atoms with Gasteiger partial charge >= 0.3 is 0 Å². The summed E-state index contributed by atoms with van der Waals surface area (Å²) in [6.45, 7) is 9.96. The van der Waals surface area contributed by atoms with Gasteiger partial charge in [0.25, 0.3) is 0 Å². The van der Waals surface area contributed by atoms with Gasteiger partial charge in [-0.3, -0.25) is 4.98 Å². The molecule has 0 fully saturated rings. The van der Waals surface area contributed by atoms with E-state index in [0.29, 0.717) is 6.04 Å². The second-order valence-corrected chi connectivity index (χ2v) is 5.01. The zero-order valence-corrected chi connectivity index (χ0v) is 10.2. The van der Waals surface area contributed by atoms with E-state index >= 15 is 0 Å². The van der Waals surface area contributed by atoms with Crippen LogP contribution >= 0.6 is 0 Å². The normalized spacial score (nSPS) is 13.9. The van der Waals surface area contributed by atoms with Crippen LogP contribution < -0.4 is 5.32 Å². The van der Waals surface area contributed by atoms with E-state index in [-0.39, 0.29) is 5.41 Å². The van der Waals surface area contributed by atoms with Gasteiger partial charge in [-0.1, -0.05) is 33.8 Å². The van der Waals surface area contributed by atoms with E-state index in [1.807, 2.05) is 12.3 Å². The smallest absolute Gasteiger partial charge is 0.0578 e. The molecule has 0 saturated heterocycles. The topological polar surface area (TPSA) is 24.9 Å². The SMILES string of the molecule is CCCNC(c1ccccn1)C(C)(C)C. The zero-order valence-electron chi connectivity index (χ0n) is 10.2. The van der Waals surface area contributed by atoms with E-state index in [1.165, 1.54) is 0 Å². The molecule has 1 unspecified atom stereocenters. The van der Waals surface area contributed by atoms with Crippen molar-refractivity contribution in [2.24, 2.45) is 5.41 Å². The zero-order chi connectivity index (χ0) is 11.3. The van der Waals surface area contributed by atoms with Crippen molar-refractivity contribution in [1.29, 1.82) is 0 Å². The van der Waals surface area contributed by atoms with Gasteiger partial charge in [0, 0.05) is 6.20 Å². The van der Waals surface area contributed by atoms with Crippen LogP contribution in [0.5, 0.6) is 0 Å². The second kappa shape index (κ2) is 5.26. The highest BCUT2D eigenvalue weighted by molar-refractivity contribution is 5.11. The van der Waals surface area contributed by atoms with Crippen LogP contribution in [0.15, 0.2) is 24.4 Å². The fraction of sp³-hybridized carbons (Fsp3) is 0.615. The summed E-state index contributed by atoms with van der Waals surface area (Å²) < 4.78 is 0. The second-order valence-electron chi connectivity index (χ2n) is 5.01. The molecule has 1 atom stereocenters. The molecule has 1 aromatic heterocycles. The highest BCUT2D eigenvalue weighted by atomic mass is 15.0. The summed E-state index contributed by atoms with van der Waals surface area (Å²) in [7, 11) is 0. The largest absolute Gasteiger partial charge is 0.308 e. The Balaban J connectivity index is 2.82.